The lowest BCUT2D eigenvalue weighted by atomic mass is 9.49. The third kappa shape index (κ3) is 2.60. The Kier molecular flexibility index (Phi) is 3.49. The van der Waals surface area contributed by atoms with E-state index in [0.29, 0.717) is 0 Å². The first-order valence-electron chi connectivity index (χ1n) is 10.5. The zero-order chi connectivity index (χ0) is 18.7. The maximum absolute atomic E-state index is 5.02. The molecule has 0 radical (unpaired) electrons. The Morgan fingerprint density at radius 3 is 2.39 bits per heavy atom. The van der Waals surface area contributed by atoms with E-state index in [2.05, 4.69) is 34.3 Å². The van der Waals surface area contributed by atoms with Gasteiger partial charge in [0.05, 0.1) is 11.4 Å². The van der Waals surface area contributed by atoms with Crippen LogP contribution in [0, 0.1) is 24.7 Å². The van der Waals surface area contributed by atoms with E-state index in [1.54, 1.807) is 6.33 Å². The Morgan fingerprint density at radius 2 is 1.71 bits per heavy atom. The van der Waals surface area contributed by atoms with Crippen molar-refractivity contribution in [2.45, 2.75) is 50.9 Å². The monoisotopic (exact) mass is 371 g/mol. The molecule has 4 saturated carbocycles. The van der Waals surface area contributed by atoms with Gasteiger partial charge in [-0.25, -0.2) is 19.6 Å². The van der Waals surface area contributed by atoms with Crippen LogP contribution in [0.4, 0.5) is 0 Å². The minimum absolute atomic E-state index is 0.198. The highest BCUT2D eigenvalue weighted by molar-refractivity contribution is 5.58. The first kappa shape index (κ1) is 16.4. The lowest BCUT2D eigenvalue weighted by Gasteiger charge is -2.55. The highest BCUT2D eigenvalue weighted by Crippen LogP contribution is 2.60. The fourth-order valence-corrected chi connectivity index (χ4v) is 6.42. The number of hydrogen-bond acceptors (Lipinski definition) is 4. The summed E-state index contributed by atoms with van der Waals surface area (Å²) in [5.74, 6) is 4.48. The molecule has 0 saturated heterocycles. The van der Waals surface area contributed by atoms with Gasteiger partial charge in [0.25, 0.3) is 0 Å². The van der Waals surface area contributed by atoms with Gasteiger partial charge in [0.15, 0.2) is 5.82 Å². The highest BCUT2D eigenvalue weighted by Gasteiger charge is 2.53. The topological polar surface area (TPSA) is 56.5 Å². The van der Waals surface area contributed by atoms with Gasteiger partial charge < -0.3 is 0 Å². The summed E-state index contributed by atoms with van der Waals surface area (Å²) >= 11 is 0. The Balaban J connectivity index is 1.37. The fraction of sp³-hybridized carbons (Fsp3) is 0.478. The molecule has 0 spiro atoms. The fourth-order valence-electron chi connectivity index (χ4n) is 6.42. The molecule has 4 fully saturated rings. The average Bonchev–Trinajstić information content (AvgIpc) is 3.14. The Labute approximate surface area is 165 Å². The van der Waals surface area contributed by atoms with Crippen molar-refractivity contribution in [3.63, 3.8) is 0 Å². The minimum Gasteiger partial charge on any atom is -0.241 e. The van der Waals surface area contributed by atoms with E-state index in [1.807, 2.05) is 23.9 Å². The van der Waals surface area contributed by atoms with Crippen LogP contribution in [0.3, 0.4) is 0 Å². The van der Waals surface area contributed by atoms with Crippen LogP contribution in [0.2, 0.25) is 0 Å². The van der Waals surface area contributed by atoms with Gasteiger partial charge in [0.2, 0.25) is 0 Å². The van der Waals surface area contributed by atoms with Gasteiger partial charge in [0, 0.05) is 17.2 Å². The quantitative estimate of drug-likeness (QED) is 0.680. The molecule has 2 heterocycles. The molecule has 3 aromatic rings. The minimum atomic E-state index is 0.198. The Morgan fingerprint density at radius 1 is 0.964 bits per heavy atom. The largest absolute Gasteiger partial charge is 0.241 e. The molecule has 0 atom stereocenters. The van der Waals surface area contributed by atoms with Gasteiger partial charge in [-0.3, -0.25) is 0 Å². The molecule has 1 aromatic carbocycles. The molecular formula is C23H25N5. The summed E-state index contributed by atoms with van der Waals surface area (Å²) in [5.41, 5.74) is 3.26. The number of rotatable bonds is 3. The molecule has 0 N–H and O–H groups in total. The van der Waals surface area contributed by atoms with Gasteiger partial charge in [0.1, 0.15) is 12.2 Å². The van der Waals surface area contributed by atoms with E-state index >= 15 is 0 Å². The smallest absolute Gasteiger partial charge is 0.163 e. The second-order valence-electron chi connectivity index (χ2n) is 9.28. The van der Waals surface area contributed by atoms with Crippen molar-refractivity contribution in [2.75, 3.05) is 0 Å². The summed E-state index contributed by atoms with van der Waals surface area (Å²) < 4.78 is 1.90. The van der Waals surface area contributed by atoms with Crippen LogP contribution in [0.25, 0.3) is 17.1 Å². The van der Waals surface area contributed by atoms with Gasteiger partial charge in [-0.1, -0.05) is 12.1 Å². The number of aromatic nitrogens is 5. The molecule has 4 aliphatic carbocycles. The van der Waals surface area contributed by atoms with E-state index in [4.69, 9.17) is 9.97 Å². The summed E-state index contributed by atoms with van der Waals surface area (Å²) in [7, 11) is 0. The summed E-state index contributed by atoms with van der Waals surface area (Å²) in [6, 6.07) is 10.3. The van der Waals surface area contributed by atoms with E-state index in [9.17, 15) is 0 Å². The van der Waals surface area contributed by atoms with Gasteiger partial charge in [-0.2, -0.15) is 5.10 Å². The first-order valence-corrected chi connectivity index (χ1v) is 10.5. The normalized spacial score (nSPS) is 30.7. The van der Waals surface area contributed by atoms with Crippen molar-refractivity contribution >= 4 is 0 Å². The lowest BCUT2D eigenvalue weighted by Crippen LogP contribution is -2.49. The predicted molar refractivity (Wildman–Crippen MR) is 107 cm³/mol. The second kappa shape index (κ2) is 5.97. The van der Waals surface area contributed by atoms with Gasteiger partial charge in [-0.15, -0.1) is 0 Å². The first-order chi connectivity index (χ1) is 13.7. The SMILES string of the molecule is Cc1ccn(-c2cccc(-c3ncnc(C45CC6CC(CC(C6)C4)C5)n3)c2)n1. The number of aryl methyl sites for hydroxylation is 1. The van der Waals surface area contributed by atoms with Crippen molar-refractivity contribution in [3.8, 4) is 17.1 Å². The molecule has 0 aliphatic heterocycles. The molecule has 4 bridgehead atoms. The third-order valence-corrected chi connectivity index (χ3v) is 7.18. The Bertz CT molecular complexity index is 1000. The summed E-state index contributed by atoms with van der Waals surface area (Å²) in [6.07, 6.45) is 11.8. The Hall–Kier alpha value is -2.56. The van der Waals surface area contributed by atoms with Crippen LogP contribution < -0.4 is 0 Å². The molecule has 7 rings (SSSR count). The van der Waals surface area contributed by atoms with Gasteiger partial charge in [-0.05, 0) is 81.4 Å². The summed E-state index contributed by atoms with van der Waals surface area (Å²) in [6.45, 7) is 2.00. The lowest BCUT2D eigenvalue weighted by molar-refractivity contribution is -0.00944. The van der Waals surface area contributed by atoms with Crippen molar-refractivity contribution < 1.29 is 0 Å². The van der Waals surface area contributed by atoms with Crippen LogP contribution in [-0.4, -0.2) is 24.7 Å². The van der Waals surface area contributed by atoms with Crippen LogP contribution in [-0.2, 0) is 5.41 Å². The highest BCUT2D eigenvalue weighted by atomic mass is 15.3. The van der Waals surface area contributed by atoms with Crippen LogP contribution >= 0.6 is 0 Å². The number of hydrogen-bond donors (Lipinski definition) is 0. The standard InChI is InChI=1S/C23H25N5/c1-15-5-6-28(27-15)20-4-2-3-19(10-20)21-24-14-25-22(26-21)23-11-16-7-17(12-23)9-18(8-16)13-23/h2-6,10,14,16-18H,7-9,11-13H2,1H3. The molecule has 5 nitrogen and oxygen atoms in total. The van der Waals surface area contributed by atoms with Crippen molar-refractivity contribution in [3.05, 3.63) is 54.4 Å². The number of nitrogens with zero attached hydrogens (tertiary/aromatic N) is 5. The summed E-state index contributed by atoms with van der Waals surface area (Å²) in [5, 5.41) is 4.52. The number of benzene rings is 1. The molecule has 142 valence electrons. The van der Waals surface area contributed by atoms with Crippen LogP contribution in [0.15, 0.2) is 42.9 Å². The molecule has 0 unspecified atom stereocenters. The van der Waals surface area contributed by atoms with Crippen molar-refractivity contribution in [1.82, 2.24) is 24.7 Å². The van der Waals surface area contributed by atoms with Crippen molar-refractivity contribution in [1.29, 1.82) is 0 Å². The zero-order valence-electron chi connectivity index (χ0n) is 16.3. The second-order valence-corrected chi connectivity index (χ2v) is 9.28. The molecule has 2 aromatic heterocycles. The molecule has 0 amide bonds. The third-order valence-electron chi connectivity index (χ3n) is 7.18. The summed E-state index contributed by atoms with van der Waals surface area (Å²) in [4.78, 5) is 14.2. The molecule has 28 heavy (non-hydrogen) atoms. The van der Waals surface area contributed by atoms with Crippen LogP contribution in [0.5, 0.6) is 0 Å². The van der Waals surface area contributed by atoms with E-state index in [0.717, 1.165) is 46.3 Å². The molecular weight excluding hydrogens is 346 g/mol. The van der Waals surface area contributed by atoms with Crippen LogP contribution in [0.1, 0.15) is 50.0 Å². The maximum atomic E-state index is 5.02. The predicted octanol–water partition coefficient (Wildman–Crippen LogP) is 4.50. The maximum Gasteiger partial charge on any atom is 0.163 e. The zero-order valence-corrected chi connectivity index (χ0v) is 16.3. The molecule has 5 heteroatoms. The van der Waals surface area contributed by atoms with E-state index < -0.39 is 0 Å². The average molecular weight is 371 g/mol. The molecule has 4 aliphatic rings. The van der Waals surface area contributed by atoms with E-state index in [-0.39, 0.29) is 5.41 Å². The van der Waals surface area contributed by atoms with E-state index in [1.165, 1.54) is 38.5 Å². The van der Waals surface area contributed by atoms with Gasteiger partial charge >= 0.3 is 0 Å². The van der Waals surface area contributed by atoms with Crippen molar-refractivity contribution in [2.24, 2.45) is 17.8 Å².